The first-order valence-electron chi connectivity index (χ1n) is 18.6. The number of hydrogen-bond donors (Lipinski definition) is 10. The topological polar surface area (TPSA) is 297 Å². The van der Waals surface area contributed by atoms with Crippen molar-refractivity contribution in [3.8, 4) is 28.6 Å². The SMILES string of the molecule is COc1ccc(-c2oc3c(CC=C(C)C)c(O[C@@H]4O[C@H](CO)[C@@H](O)[C@H](O)[C@H]4O)ccc3c(=O)c2O[C@@H]2O[C@@H](C)[C@H](O)[C@@H](O)[C@H]2O[C@@H]2O[C@H](CO)[C@@H](O)[C@H](O)[C@H]2O)cc1. The Morgan fingerprint density at radius 1 is 0.707 bits per heavy atom. The Morgan fingerprint density at radius 2 is 1.31 bits per heavy atom. The second kappa shape index (κ2) is 18.2. The Balaban J connectivity index is 1.47. The molecule has 0 aliphatic carbocycles. The molecule has 4 heterocycles. The summed E-state index contributed by atoms with van der Waals surface area (Å²) in [6.45, 7) is 3.64. The van der Waals surface area contributed by atoms with Crippen LogP contribution in [0, 0.1) is 0 Å². The molecular weight excluding hydrogens is 772 g/mol. The number of hydrogen-bond acceptors (Lipinski definition) is 19. The molecule has 19 heteroatoms. The van der Waals surface area contributed by atoms with Crippen molar-refractivity contribution in [1.29, 1.82) is 0 Å². The standard InChI is InChI=1S/C39H50O19/c1-15(2)5-10-19-21(53-37-31(49)28(46)26(44)22(13-40)54-37)12-11-20-25(43)35(33(56-34(19)20)17-6-8-18(51-4)9-7-17)57-39-36(30(48)24(42)16(3)52-39)58-38-32(50)29(47)27(45)23(14-41)55-38/h5-9,11-12,16,22-24,26-32,36-42,44-50H,10,13-14H2,1-4H3/t16-,22+,23+,24-,26+,27+,28-,29-,30+,31+,32+,36+,37+,38-,39-/m0/s1. The summed E-state index contributed by atoms with van der Waals surface area (Å²) in [5.41, 5.74) is 0.708. The summed E-state index contributed by atoms with van der Waals surface area (Å²) in [6, 6.07) is 9.08. The van der Waals surface area contributed by atoms with Crippen molar-refractivity contribution in [2.45, 2.75) is 119 Å². The highest BCUT2D eigenvalue weighted by atomic mass is 16.8. The lowest BCUT2D eigenvalue weighted by molar-refractivity contribution is -0.355. The third-order valence-electron chi connectivity index (χ3n) is 10.4. The highest BCUT2D eigenvalue weighted by molar-refractivity contribution is 5.86. The lowest BCUT2D eigenvalue weighted by atomic mass is 9.97. The van der Waals surface area contributed by atoms with Crippen LogP contribution >= 0.6 is 0 Å². The Hall–Kier alpha value is -3.77. The third kappa shape index (κ3) is 8.60. The number of fused-ring (bicyclic) bond motifs is 1. The Bertz CT molecular complexity index is 1940. The van der Waals surface area contributed by atoms with E-state index in [0.717, 1.165) is 5.57 Å². The summed E-state index contributed by atoms with van der Waals surface area (Å²) in [5, 5.41) is 104. The molecule has 10 N–H and O–H groups in total. The zero-order chi connectivity index (χ0) is 42.2. The van der Waals surface area contributed by atoms with Gasteiger partial charge in [-0.15, -0.1) is 0 Å². The van der Waals surface area contributed by atoms with Crippen molar-refractivity contribution in [1.82, 2.24) is 0 Å². The van der Waals surface area contributed by atoms with Crippen molar-refractivity contribution in [3.05, 3.63) is 63.8 Å². The molecule has 0 radical (unpaired) electrons. The fraction of sp³-hybridized carbons (Fsp3) is 0.564. The fourth-order valence-electron chi connectivity index (χ4n) is 6.91. The van der Waals surface area contributed by atoms with Crippen LogP contribution < -0.4 is 19.6 Å². The van der Waals surface area contributed by atoms with Crippen molar-refractivity contribution in [2.24, 2.45) is 0 Å². The Kier molecular flexibility index (Phi) is 13.8. The first-order valence-corrected chi connectivity index (χ1v) is 18.6. The van der Waals surface area contributed by atoms with Crippen molar-refractivity contribution in [2.75, 3.05) is 20.3 Å². The van der Waals surface area contributed by atoms with Gasteiger partial charge in [0, 0.05) is 11.1 Å². The van der Waals surface area contributed by atoms with E-state index in [9.17, 15) is 55.9 Å². The minimum Gasteiger partial charge on any atom is -0.497 e. The van der Waals surface area contributed by atoms with Gasteiger partial charge in [0.25, 0.3) is 0 Å². The molecule has 3 aliphatic rings. The van der Waals surface area contributed by atoms with Gasteiger partial charge in [-0.2, -0.15) is 0 Å². The maximum atomic E-state index is 14.7. The van der Waals surface area contributed by atoms with Gasteiger partial charge in [0.15, 0.2) is 18.2 Å². The number of allylic oxidation sites excluding steroid dienone is 2. The highest BCUT2D eigenvalue weighted by Crippen LogP contribution is 2.39. The van der Waals surface area contributed by atoms with Crippen LogP contribution in [0.1, 0.15) is 26.3 Å². The second-order valence-electron chi connectivity index (χ2n) is 14.6. The molecule has 58 heavy (non-hydrogen) atoms. The summed E-state index contributed by atoms with van der Waals surface area (Å²) in [4.78, 5) is 14.7. The van der Waals surface area contributed by atoms with E-state index in [0.29, 0.717) is 16.9 Å². The maximum absolute atomic E-state index is 14.7. The van der Waals surface area contributed by atoms with Crippen LogP contribution in [-0.4, -0.2) is 164 Å². The molecule has 15 atom stereocenters. The number of methoxy groups -OCH3 is 1. The monoisotopic (exact) mass is 822 g/mol. The number of ether oxygens (including phenoxy) is 7. The minimum atomic E-state index is -1.90. The molecule has 0 bridgehead atoms. The quantitative estimate of drug-likeness (QED) is 0.0901. The van der Waals surface area contributed by atoms with E-state index in [-0.39, 0.29) is 28.9 Å². The summed E-state index contributed by atoms with van der Waals surface area (Å²) >= 11 is 0. The summed E-state index contributed by atoms with van der Waals surface area (Å²) in [6.07, 6.45) is -22.6. The zero-order valence-electron chi connectivity index (χ0n) is 32.0. The maximum Gasteiger partial charge on any atom is 0.235 e. The van der Waals surface area contributed by atoms with E-state index >= 15 is 0 Å². The molecule has 19 nitrogen and oxygen atoms in total. The molecule has 0 spiro atoms. The van der Waals surface area contributed by atoms with Crippen molar-refractivity contribution in [3.63, 3.8) is 0 Å². The predicted molar refractivity (Wildman–Crippen MR) is 198 cm³/mol. The molecule has 0 saturated carbocycles. The number of benzene rings is 2. The van der Waals surface area contributed by atoms with Gasteiger partial charge in [-0.1, -0.05) is 11.6 Å². The molecule has 320 valence electrons. The number of rotatable bonds is 12. The highest BCUT2D eigenvalue weighted by Gasteiger charge is 2.51. The van der Waals surface area contributed by atoms with Crippen molar-refractivity contribution >= 4 is 11.0 Å². The summed E-state index contributed by atoms with van der Waals surface area (Å²) in [5.74, 6) is -0.0894. The van der Waals surface area contributed by atoms with Crippen LogP contribution in [0.4, 0.5) is 0 Å². The van der Waals surface area contributed by atoms with Gasteiger partial charge >= 0.3 is 0 Å². The van der Waals surface area contributed by atoms with E-state index in [1.54, 1.807) is 24.3 Å². The summed E-state index contributed by atoms with van der Waals surface area (Å²) in [7, 11) is 1.46. The zero-order valence-corrected chi connectivity index (χ0v) is 32.0. The molecule has 3 saturated heterocycles. The molecular formula is C39H50O19. The fourth-order valence-corrected chi connectivity index (χ4v) is 6.91. The van der Waals surface area contributed by atoms with E-state index < -0.39 is 117 Å². The lowest BCUT2D eigenvalue weighted by Crippen LogP contribution is -2.64. The summed E-state index contributed by atoms with van der Waals surface area (Å²) < 4.78 is 47.0. The first kappa shape index (κ1) is 43.8. The largest absolute Gasteiger partial charge is 0.497 e. The van der Waals surface area contributed by atoms with Gasteiger partial charge in [0.1, 0.15) is 78.1 Å². The van der Waals surface area contributed by atoms with E-state index in [4.69, 9.17) is 37.6 Å². The predicted octanol–water partition coefficient (Wildman–Crippen LogP) is -1.81. The van der Waals surface area contributed by atoms with Crippen LogP contribution in [0.15, 0.2) is 57.3 Å². The Morgan fingerprint density at radius 3 is 1.90 bits per heavy atom. The van der Waals surface area contributed by atoms with Crippen LogP contribution in [0.25, 0.3) is 22.3 Å². The van der Waals surface area contributed by atoms with Crippen LogP contribution in [0.2, 0.25) is 0 Å². The van der Waals surface area contributed by atoms with Gasteiger partial charge in [-0.05, 0) is 63.6 Å². The smallest absolute Gasteiger partial charge is 0.235 e. The molecule has 3 fully saturated rings. The van der Waals surface area contributed by atoms with Gasteiger partial charge in [0.05, 0.1) is 31.8 Å². The normalized spacial score (nSPS) is 35.4. The van der Waals surface area contributed by atoms with Crippen LogP contribution in [0.3, 0.4) is 0 Å². The minimum absolute atomic E-state index is 0.00487. The molecule has 0 unspecified atom stereocenters. The van der Waals surface area contributed by atoms with Gasteiger partial charge < -0.3 is 88.6 Å². The Labute approximate surface area is 331 Å². The van der Waals surface area contributed by atoms with Gasteiger partial charge in [-0.25, -0.2) is 0 Å². The third-order valence-corrected chi connectivity index (χ3v) is 10.4. The van der Waals surface area contributed by atoms with Crippen molar-refractivity contribution < 1.29 is 88.6 Å². The molecule has 2 aromatic carbocycles. The molecule has 3 aliphatic heterocycles. The molecule has 6 rings (SSSR count). The molecule has 0 amide bonds. The average Bonchev–Trinajstić information content (AvgIpc) is 3.21. The average molecular weight is 823 g/mol. The number of aliphatic hydroxyl groups excluding tert-OH is 10. The van der Waals surface area contributed by atoms with E-state index in [2.05, 4.69) is 0 Å². The van der Waals surface area contributed by atoms with E-state index in [1.165, 1.54) is 26.2 Å². The molecule has 1 aromatic heterocycles. The second-order valence-corrected chi connectivity index (χ2v) is 14.6. The first-order chi connectivity index (χ1) is 27.6. The van der Waals surface area contributed by atoms with Gasteiger partial charge in [-0.3, -0.25) is 4.79 Å². The number of aliphatic hydroxyl groups is 10. The van der Waals surface area contributed by atoms with E-state index in [1.807, 2.05) is 19.9 Å². The van der Waals surface area contributed by atoms with Crippen LogP contribution in [0.5, 0.6) is 17.2 Å². The van der Waals surface area contributed by atoms with Gasteiger partial charge in [0.2, 0.25) is 23.8 Å². The molecule has 3 aromatic rings. The van der Waals surface area contributed by atoms with Crippen LogP contribution in [-0.2, 0) is 25.4 Å². The lowest BCUT2D eigenvalue weighted by Gasteiger charge is -2.45.